The van der Waals surface area contributed by atoms with Gasteiger partial charge in [0.15, 0.2) is 0 Å². The van der Waals surface area contributed by atoms with E-state index in [1.165, 1.54) is 6.07 Å². The predicted molar refractivity (Wildman–Crippen MR) is 75.9 cm³/mol. The third-order valence-electron chi connectivity index (χ3n) is 2.08. The molecule has 0 unspecified atom stereocenters. The molecule has 19 heavy (non-hydrogen) atoms. The summed E-state index contributed by atoms with van der Waals surface area (Å²) in [5.41, 5.74) is 0.660. The molecular weight excluding hydrogens is 311 g/mol. The number of alkyl halides is 3. The van der Waals surface area contributed by atoms with Crippen LogP contribution in [0.2, 0.25) is 0 Å². The lowest BCUT2D eigenvalue weighted by molar-refractivity contribution is -0.115. The molecular formula is C12H11Cl3N2O2. The number of hydrogen-bond acceptors (Lipinski definition) is 3. The second-order valence-electron chi connectivity index (χ2n) is 3.62. The quantitative estimate of drug-likeness (QED) is 0.861. The van der Waals surface area contributed by atoms with Crippen LogP contribution >= 0.6 is 34.8 Å². The Morgan fingerprint density at radius 3 is 2.68 bits per heavy atom. The van der Waals surface area contributed by atoms with E-state index in [-0.39, 0.29) is 0 Å². The highest BCUT2D eigenvalue weighted by Gasteiger charge is 2.30. The summed E-state index contributed by atoms with van der Waals surface area (Å²) in [5.74, 6) is -0.333. The molecule has 0 aromatic heterocycles. The molecule has 0 aliphatic carbocycles. The van der Waals surface area contributed by atoms with E-state index in [0.29, 0.717) is 23.6 Å². The molecule has 0 bridgehead atoms. The van der Waals surface area contributed by atoms with Crippen molar-refractivity contribution in [3.05, 3.63) is 23.8 Å². The molecule has 0 saturated carbocycles. The second kappa shape index (κ2) is 6.85. The van der Waals surface area contributed by atoms with Crippen LogP contribution in [0.5, 0.6) is 5.75 Å². The average Bonchev–Trinajstić information content (AvgIpc) is 2.35. The minimum Gasteiger partial charge on any atom is -0.492 e. The van der Waals surface area contributed by atoms with E-state index in [1.807, 2.05) is 13.0 Å². The monoisotopic (exact) mass is 320 g/mol. The fraction of sp³-hybridized carbons (Fsp3) is 0.333. The number of carbonyl (C=O) groups is 1. The molecule has 1 rings (SSSR count). The molecule has 1 aromatic rings. The molecule has 1 amide bonds. The lowest BCUT2D eigenvalue weighted by atomic mass is 10.2. The number of ether oxygens (including phenoxy) is 1. The topological polar surface area (TPSA) is 62.1 Å². The third-order valence-corrected chi connectivity index (χ3v) is 2.59. The van der Waals surface area contributed by atoms with E-state index in [2.05, 4.69) is 5.32 Å². The van der Waals surface area contributed by atoms with Crippen molar-refractivity contribution in [3.8, 4) is 11.8 Å². The van der Waals surface area contributed by atoms with Crippen molar-refractivity contribution in [1.82, 2.24) is 0 Å². The summed E-state index contributed by atoms with van der Waals surface area (Å²) in [6, 6.07) is 6.59. The van der Waals surface area contributed by atoms with Crippen molar-refractivity contribution in [2.24, 2.45) is 0 Å². The van der Waals surface area contributed by atoms with Crippen molar-refractivity contribution < 1.29 is 9.53 Å². The van der Waals surface area contributed by atoms with Gasteiger partial charge < -0.3 is 10.1 Å². The van der Waals surface area contributed by atoms with Gasteiger partial charge in [-0.05, 0) is 24.6 Å². The van der Waals surface area contributed by atoms with E-state index in [0.717, 1.165) is 6.42 Å². The third kappa shape index (κ3) is 4.79. The Bertz CT molecular complexity index is 507. The summed E-state index contributed by atoms with van der Waals surface area (Å²) in [5, 5.41) is 11.4. The summed E-state index contributed by atoms with van der Waals surface area (Å²) in [6.07, 6.45) is 0.830. The Balaban J connectivity index is 2.89. The maximum absolute atomic E-state index is 11.5. The standard InChI is InChI=1S/C12H11Cl3N2O2/c1-2-5-19-10-4-3-9(6-8(10)7-16)17-11(18)12(13,14)15/h3-4,6H,2,5H2,1H3,(H,17,18). The van der Waals surface area contributed by atoms with Crippen molar-refractivity contribution in [1.29, 1.82) is 5.26 Å². The number of anilines is 1. The molecule has 0 aliphatic heterocycles. The van der Waals surface area contributed by atoms with Crippen LogP contribution in [0.1, 0.15) is 18.9 Å². The molecule has 4 nitrogen and oxygen atoms in total. The van der Waals surface area contributed by atoms with Crippen LogP contribution in [0.25, 0.3) is 0 Å². The molecule has 102 valence electrons. The van der Waals surface area contributed by atoms with E-state index < -0.39 is 9.70 Å². The normalized spacial score (nSPS) is 10.7. The molecule has 0 radical (unpaired) electrons. The predicted octanol–water partition coefficient (Wildman–Crippen LogP) is 3.66. The molecule has 0 saturated heterocycles. The molecule has 0 spiro atoms. The zero-order chi connectivity index (χ0) is 14.5. The van der Waals surface area contributed by atoms with Gasteiger partial charge in [-0.3, -0.25) is 4.79 Å². The molecule has 0 fully saturated rings. The van der Waals surface area contributed by atoms with Gasteiger partial charge in [0, 0.05) is 5.69 Å². The van der Waals surface area contributed by atoms with Crippen LogP contribution in [-0.4, -0.2) is 16.3 Å². The van der Waals surface area contributed by atoms with Crippen molar-refractivity contribution in [2.45, 2.75) is 17.1 Å². The Labute approximate surface area is 126 Å². The van der Waals surface area contributed by atoms with Crippen LogP contribution in [-0.2, 0) is 4.79 Å². The van der Waals surface area contributed by atoms with E-state index in [4.69, 9.17) is 44.8 Å². The number of benzene rings is 1. The average molecular weight is 322 g/mol. The van der Waals surface area contributed by atoms with Crippen LogP contribution in [0.3, 0.4) is 0 Å². The van der Waals surface area contributed by atoms with Gasteiger partial charge in [-0.15, -0.1) is 0 Å². The first-order chi connectivity index (χ1) is 8.88. The van der Waals surface area contributed by atoms with Crippen molar-refractivity contribution in [2.75, 3.05) is 11.9 Å². The Morgan fingerprint density at radius 1 is 1.47 bits per heavy atom. The lowest BCUT2D eigenvalue weighted by Gasteiger charge is -2.13. The number of amides is 1. The van der Waals surface area contributed by atoms with Crippen LogP contribution < -0.4 is 10.1 Å². The highest BCUT2D eigenvalue weighted by Crippen LogP contribution is 2.29. The number of nitrogens with one attached hydrogen (secondary N) is 1. The zero-order valence-electron chi connectivity index (χ0n) is 10.0. The van der Waals surface area contributed by atoms with Crippen molar-refractivity contribution >= 4 is 46.4 Å². The highest BCUT2D eigenvalue weighted by molar-refractivity contribution is 6.76. The van der Waals surface area contributed by atoms with Gasteiger partial charge in [0.2, 0.25) is 0 Å². The minimum absolute atomic E-state index is 0.301. The van der Waals surface area contributed by atoms with E-state index >= 15 is 0 Å². The summed E-state index contributed by atoms with van der Waals surface area (Å²) < 4.78 is 3.34. The van der Waals surface area contributed by atoms with Gasteiger partial charge in [0.25, 0.3) is 9.70 Å². The molecule has 1 aromatic carbocycles. The molecule has 1 N–H and O–H groups in total. The molecule has 0 atom stereocenters. The number of hydrogen-bond donors (Lipinski definition) is 1. The van der Waals surface area contributed by atoms with Crippen LogP contribution in [0, 0.1) is 11.3 Å². The van der Waals surface area contributed by atoms with Gasteiger partial charge >= 0.3 is 0 Å². The zero-order valence-corrected chi connectivity index (χ0v) is 12.3. The summed E-state index contributed by atoms with van der Waals surface area (Å²) >= 11 is 16.3. The van der Waals surface area contributed by atoms with Gasteiger partial charge in [0.05, 0.1) is 12.2 Å². The lowest BCUT2D eigenvalue weighted by Crippen LogP contribution is -2.26. The number of rotatable bonds is 4. The Hall–Kier alpha value is -1.15. The Kier molecular flexibility index (Phi) is 5.74. The highest BCUT2D eigenvalue weighted by atomic mass is 35.6. The number of carbonyl (C=O) groups excluding carboxylic acids is 1. The molecule has 7 heteroatoms. The summed E-state index contributed by atoms with van der Waals surface area (Å²) in [7, 11) is 0. The molecule has 0 aliphatic rings. The van der Waals surface area contributed by atoms with E-state index in [9.17, 15) is 4.79 Å². The van der Waals surface area contributed by atoms with Gasteiger partial charge in [0.1, 0.15) is 11.8 Å². The molecule has 0 heterocycles. The second-order valence-corrected chi connectivity index (χ2v) is 5.90. The van der Waals surface area contributed by atoms with Crippen LogP contribution in [0.15, 0.2) is 18.2 Å². The van der Waals surface area contributed by atoms with Gasteiger partial charge in [-0.2, -0.15) is 5.26 Å². The minimum atomic E-state index is -2.05. The summed E-state index contributed by atoms with van der Waals surface area (Å²) in [6.45, 7) is 2.47. The van der Waals surface area contributed by atoms with Gasteiger partial charge in [-0.25, -0.2) is 0 Å². The number of nitriles is 1. The number of halogens is 3. The van der Waals surface area contributed by atoms with E-state index in [1.54, 1.807) is 12.1 Å². The smallest absolute Gasteiger partial charge is 0.276 e. The van der Waals surface area contributed by atoms with Crippen molar-refractivity contribution in [3.63, 3.8) is 0 Å². The number of nitrogens with zero attached hydrogens (tertiary/aromatic N) is 1. The van der Waals surface area contributed by atoms with Gasteiger partial charge in [-0.1, -0.05) is 41.7 Å². The SMILES string of the molecule is CCCOc1ccc(NC(=O)C(Cl)(Cl)Cl)cc1C#N. The Morgan fingerprint density at radius 2 is 2.16 bits per heavy atom. The fourth-order valence-corrected chi connectivity index (χ4v) is 1.38. The fourth-order valence-electron chi connectivity index (χ4n) is 1.23. The maximum Gasteiger partial charge on any atom is 0.276 e. The summed E-state index contributed by atoms with van der Waals surface area (Å²) in [4.78, 5) is 11.5. The first kappa shape index (κ1) is 15.9. The first-order valence-electron chi connectivity index (χ1n) is 5.43. The van der Waals surface area contributed by atoms with Crippen LogP contribution in [0.4, 0.5) is 5.69 Å². The maximum atomic E-state index is 11.5. The largest absolute Gasteiger partial charge is 0.492 e. The first-order valence-corrected chi connectivity index (χ1v) is 6.57.